The van der Waals surface area contributed by atoms with Gasteiger partial charge in [-0.25, -0.2) is 4.79 Å². The first-order valence-corrected chi connectivity index (χ1v) is 8.13. The van der Waals surface area contributed by atoms with Crippen LogP contribution in [-0.4, -0.2) is 24.2 Å². The van der Waals surface area contributed by atoms with Gasteiger partial charge in [-0.3, -0.25) is 4.79 Å². The Balaban J connectivity index is 1.94. The summed E-state index contributed by atoms with van der Waals surface area (Å²) >= 11 is 1.36. The summed E-state index contributed by atoms with van der Waals surface area (Å²) in [7, 11) is 0. The van der Waals surface area contributed by atoms with Gasteiger partial charge < -0.3 is 15.8 Å². The fourth-order valence-electron chi connectivity index (χ4n) is 1.89. The first kappa shape index (κ1) is 16.9. The maximum Gasteiger partial charge on any atom is 0.338 e. The Bertz CT molecular complexity index is 704. The van der Waals surface area contributed by atoms with Crippen LogP contribution in [0.15, 0.2) is 53.4 Å². The fourth-order valence-corrected chi connectivity index (χ4v) is 2.66. The molecule has 2 rings (SSSR count). The molecule has 0 fully saturated rings. The molecule has 0 radical (unpaired) electrons. The summed E-state index contributed by atoms with van der Waals surface area (Å²) in [6, 6.07) is 14.0. The number of amides is 1. The number of nitrogens with one attached hydrogen (secondary N) is 1. The maximum absolute atomic E-state index is 12.0. The van der Waals surface area contributed by atoms with Gasteiger partial charge in [0.25, 0.3) is 0 Å². The second kappa shape index (κ2) is 8.24. The van der Waals surface area contributed by atoms with Crippen LogP contribution >= 0.6 is 11.8 Å². The van der Waals surface area contributed by atoms with Gasteiger partial charge in [-0.15, -0.1) is 11.8 Å². The fraction of sp³-hybridized carbons (Fsp3) is 0.176. The summed E-state index contributed by atoms with van der Waals surface area (Å²) in [4.78, 5) is 24.6. The van der Waals surface area contributed by atoms with Crippen molar-refractivity contribution in [3.05, 3.63) is 54.1 Å². The third-order valence-electron chi connectivity index (χ3n) is 2.94. The standard InChI is InChI=1S/C17H18N2O3S/c1-2-22-17(21)12-6-5-7-13(10-12)19-16(20)11-23-15-9-4-3-8-14(15)18/h3-10H,2,11,18H2,1H3,(H,19,20). The highest BCUT2D eigenvalue weighted by atomic mass is 32.2. The van der Waals surface area contributed by atoms with E-state index in [1.54, 1.807) is 37.3 Å². The zero-order valence-electron chi connectivity index (χ0n) is 12.7. The van der Waals surface area contributed by atoms with E-state index < -0.39 is 5.97 Å². The minimum absolute atomic E-state index is 0.167. The van der Waals surface area contributed by atoms with Gasteiger partial charge in [0, 0.05) is 16.3 Å². The molecule has 3 N–H and O–H groups in total. The number of para-hydroxylation sites is 1. The highest BCUT2D eigenvalue weighted by Crippen LogP contribution is 2.24. The zero-order chi connectivity index (χ0) is 16.7. The van der Waals surface area contributed by atoms with Gasteiger partial charge in [0.05, 0.1) is 17.9 Å². The summed E-state index contributed by atoms with van der Waals surface area (Å²) < 4.78 is 4.94. The summed E-state index contributed by atoms with van der Waals surface area (Å²) in [5, 5.41) is 2.76. The Kier molecular flexibility index (Phi) is 6.05. The molecule has 0 unspecified atom stereocenters. The molecule has 0 spiro atoms. The first-order valence-electron chi connectivity index (χ1n) is 7.14. The SMILES string of the molecule is CCOC(=O)c1cccc(NC(=O)CSc2ccccc2N)c1. The number of anilines is 2. The average molecular weight is 330 g/mol. The molecule has 5 nitrogen and oxygen atoms in total. The van der Waals surface area contributed by atoms with Gasteiger partial charge in [-0.05, 0) is 37.3 Å². The lowest BCUT2D eigenvalue weighted by Crippen LogP contribution is -2.14. The molecule has 0 aliphatic carbocycles. The van der Waals surface area contributed by atoms with Gasteiger partial charge >= 0.3 is 5.97 Å². The molecule has 0 bridgehead atoms. The summed E-state index contributed by atoms with van der Waals surface area (Å²) in [5.41, 5.74) is 7.45. The Morgan fingerprint density at radius 2 is 1.96 bits per heavy atom. The highest BCUT2D eigenvalue weighted by Gasteiger charge is 2.09. The lowest BCUT2D eigenvalue weighted by molar-refractivity contribution is -0.113. The van der Waals surface area contributed by atoms with E-state index in [4.69, 9.17) is 10.5 Å². The van der Waals surface area contributed by atoms with Crippen molar-refractivity contribution in [3.8, 4) is 0 Å². The van der Waals surface area contributed by atoms with E-state index >= 15 is 0 Å². The molecule has 0 heterocycles. The number of carbonyl (C=O) groups excluding carboxylic acids is 2. The van der Waals surface area contributed by atoms with Gasteiger partial charge in [0.2, 0.25) is 5.91 Å². The molecule has 2 aromatic carbocycles. The van der Waals surface area contributed by atoms with E-state index in [1.165, 1.54) is 11.8 Å². The van der Waals surface area contributed by atoms with Crippen LogP contribution in [0, 0.1) is 0 Å². The molecule has 0 aliphatic heterocycles. The van der Waals surface area contributed by atoms with Gasteiger partial charge in [-0.1, -0.05) is 18.2 Å². The van der Waals surface area contributed by atoms with Crippen LogP contribution in [0.5, 0.6) is 0 Å². The van der Waals surface area contributed by atoms with Crippen LogP contribution in [0.2, 0.25) is 0 Å². The van der Waals surface area contributed by atoms with E-state index in [2.05, 4.69) is 5.32 Å². The molecular weight excluding hydrogens is 312 g/mol. The van der Waals surface area contributed by atoms with Crippen molar-refractivity contribution in [1.82, 2.24) is 0 Å². The van der Waals surface area contributed by atoms with Crippen LogP contribution in [0.4, 0.5) is 11.4 Å². The van der Waals surface area contributed by atoms with Crippen molar-refractivity contribution in [3.63, 3.8) is 0 Å². The molecular formula is C17H18N2O3S. The molecule has 2 aromatic rings. The van der Waals surface area contributed by atoms with Crippen LogP contribution in [0.1, 0.15) is 17.3 Å². The number of rotatable bonds is 6. The van der Waals surface area contributed by atoms with Crippen LogP contribution in [0.3, 0.4) is 0 Å². The van der Waals surface area contributed by atoms with E-state index in [0.717, 1.165) is 4.90 Å². The van der Waals surface area contributed by atoms with Gasteiger partial charge in [0.1, 0.15) is 0 Å². The molecule has 0 saturated heterocycles. The molecule has 23 heavy (non-hydrogen) atoms. The Hall–Kier alpha value is -2.47. The normalized spacial score (nSPS) is 10.1. The first-order chi connectivity index (χ1) is 11.1. The molecule has 120 valence electrons. The van der Waals surface area contributed by atoms with Crippen molar-refractivity contribution < 1.29 is 14.3 Å². The van der Waals surface area contributed by atoms with Gasteiger partial charge in [-0.2, -0.15) is 0 Å². The third-order valence-corrected chi connectivity index (χ3v) is 4.02. The predicted molar refractivity (Wildman–Crippen MR) is 92.6 cm³/mol. The second-order valence-electron chi connectivity index (χ2n) is 4.68. The maximum atomic E-state index is 12.0. The molecule has 0 atom stereocenters. The topological polar surface area (TPSA) is 81.4 Å². The number of esters is 1. The van der Waals surface area contributed by atoms with Crippen molar-refractivity contribution in [2.75, 3.05) is 23.4 Å². The number of carbonyl (C=O) groups is 2. The highest BCUT2D eigenvalue weighted by molar-refractivity contribution is 8.00. The second-order valence-corrected chi connectivity index (χ2v) is 5.69. The minimum atomic E-state index is -0.407. The largest absolute Gasteiger partial charge is 0.462 e. The minimum Gasteiger partial charge on any atom is -0.462 e. The average Bonchev–Trinajstić information content (AvgIpc) is 2.54. The number of hydrogen-bond donors (Lipinski definition) is 2. The number of ether oxygens (including phenoxy) is 1. The molecule has 0 saturated carbocycles. The quantitative estimate of drug-likeness (QED) is 0.483. The molecule has 0 aliphatic rings. The number of benzene rings is 2. The van der Waals surface area contributed by atoms with E-state index in [9.17, 15) is 9.59 Å². The lowest BCUT2D eigenvalue weighted by Gasteiger charge is -2.08. The van der Waals surface area contributed by atoms with Crippen LogP contribution in [-0.2, 0) is 9.53 Å². The molecule has 6 heteroatoms. The molecule has 0 aromatic heterocycles. The van der Waals surface area contributed by atoms with Crippen molar-refractivity contribution in [1.29, 1.82) is 0 Å². The van der Waals surface area contributed by atoms with Crippen molar-refractivity contribution in [2.24, 2.45) is 0 Å². The van der Waals surface area contributed by atoms with E-state index in [0.29, 0.717) is 23.5 Å². The summed E-state index contributed by atoms with van der Waals surface area (Å²) in [6.07, 6.45) is 0. The predicted octanol–water partition coefficient (Wildman–Crippen LogP) is 3.18. The lowest BCUT2D eigenvalue weighted by atomic mass is 10.2. The Morgan fingerprint density at radius 3 is 2.70 bits per heavy atom. The van der Waals surface area contributed by atoms with Crippen LogP contribution < -0.4 is 11.1 Å². The zero-order valence-corrected chi connectivity index (χ0v) is 13.6. The van der Waals surface area contributed by atoms with Crippen molar-refractivity contribution in [2.45, 2.75) is 11.8 Å². The van der Waals surface area contributed by atoms with Crippen molar-refractivity contribution >= 4 is 35.0 Å². The van der Waals surface area contributed by atoms with Crippen LogP contribution in [0.25, 0.3) is 0 Å². The monoisotopic (exact) mass is 330 g/mol. The summed E-state index contributed by atoms with van der Waals surface area (Å²) in [6.45, 7) is 2.06. The Labute approximate surface area is 139 Å². The van der Waals surface area contributed by atoms with Gasteiger partial charge in [0.15, 0.2) is 0 Å². The van der Waals surface area contributed by atoms with E-state index in [1.807, 2.05) is 18.2 Å². The number of nitrogens with two attached hydrogens (primary N) is 1. The number of hydrogen-bond acceptors (Lipinski definition) is 5. The third kappa shape index (κ3) is 5.03. The number of thioether (sulfide) groups is 1. The summed E-state index contributed by atoms with van der Waals surface area (Å²) in [5.74, 6) is -0.341. The van der Waals surface area contributed by atoms with E-state index in [-0.39, 0.29) is 11.7 Å². The Morgan fingerprint density at radius 1 is 1.17 bits per heavy atom. The molecule has 1 amide bonds. The smallest absolute Gasteiger partial charge is 0.338 e. The number of nitrogen functional groups attached to an aromatic ring is 1.